The molecule has 1 amide bonds. The van der Waals surface area contributed by atoms with Gasteiger partial charge in [0.15, 0.2) is 0 Å². The Morgan fingerprint density at radius 2 is 1.62 bits per heavy atom. The molecule has 0 atom stereocenters. The van der Waals surface area contributed by atoms with Crippen molar-refractivity contribution in [2.75, 3.05) is 0 Å². The second-order valence-corrected chi connectivity index (χ2v) is 1.14. The average molecular weight is 115 g/mol. The maximum atomic E-state index is 9.82. The van der Waals surface area contributed by atoms with Crippen molar-refractivity contribution in [3.63, 3.8) is 0 Å². The van der Waals surface area contributed by atoms with Crippen molar-refractivity contribution in [1.29, 1.82) is 0 Å². The summed E-state index contributed by atoms with van der Waals surface area (Å²) in [6, 6.07) is 0. The molecule has 0 saturated carbocycles. The second kappa shape index (κ2) is 6.21. The highest BCUT2D eigenvalue weighted by atomic mass is 16.1. The van der Waals surface area contributed by atoms with E-state index in [1.165, 1.54) is 0 Å². The van der Waals surface area contributed by atoms with Crippen LogP contribution in [0.15, 0.2) is 12.2 Å². The van der Waals surface area contributed by atoms with Gasteiger partial charge in [-0.15, -0.1) is 0 Å². The molecular formula is C6H13NO. The molecule has 0 aliphatic carbocycles. The van der Waals surface area contributed by atoms with Crippen molar-refractivity contribution < 1.29 is 4.79 Å². The minimum atomic E-state index is -0.435. The van der Waals surface area contributed by atoms with Gasteiger partial charge in [0.05, 0.1) is 0 Å². The maximum absolute atomic E-state index is 9.82. The Hall–Kier alpha value is -0.790. The van der Waals surface area contributed by atoms with Crippen LogP contribution in [0.25, 0.3) is 0 Å². The Morgan fingerprint density at radius 1 is 1.50 bits per heavy atom. The third kappa shape index (κ3) is 8.96. The summed E-state index contributed by atoms with van der Waals surface area (Å²) in [4.78, 5) is 9.82. The molecule has 0 unspecified atom stereocenters. The molecule has 0 saturated heterocycles. The van der Waals surface area contributed by atoms with E-state index in [1.807, 2.05) is 13.8 Å². The lowest BCUT2D eigenvalue weighted by atomic mass is 10.3. The van der Waals surface area contributed by atoms with Gasteiger partial charge in [-0.05, 0) is 6.92 Å². The fourth-order valence-electron chi connectivity index (χ4n) is 0. The molecule has 0 spiro atoms. The van der Waals surface area contributed by atoms with Gasteiger partial charge in [-0.25, -0.2) is 0 Å². The number of hydrogen-bond donors (Lipinski definition) is 1. The smallest absolute Gasteiger partial charge is 0.243 e. The summed E-state index contributed by atoms with van der Waals surface area (Å²) >= 11 is 0. The number of rotatable bonds is 1. The molecule has 0 aromatic rings. The summed E-state index contributed by atoms with van der Waals surface area (Å²) in [5, 5.41) is 0. The number of amides is 1. The highest BCUT2D eigenvalue weighted by Gasteiger charge is 1.86. The predicted molar refractivity (Wildman–Crippen MR) is 35.4 cm³/mol. The van der Waals surface area contributed by atoms with Gasteiger partial charge >= 0.3 is 0 Å². The summed E-state index contributed by atoms with van der Waals surface area (Å²) in [7, 11) is 0. The first kappa shape index (κ1) is 10.2. The number of hydrogen-bond acceptors (Lipinski definition) is 1. The SMILES string of the molecule is C=C(C)C(N)=O.CC. The Labute approximate surface area is 50.4 Å². The molecule has 0 aliphatic rings. The molecule has 2 heteroatoms. The van der Waals surface area contributed by atoms with Crippen LogP contribution >= 0.6 is 0 Å². The normalized spacial score (nSPS) is 6.38. The van der Waals surface area contributed by atoms with Gasteiger partial charge in [0.1, 0.15) is 0 Å². The molecule has 0 rings (SSSR count). The lowest BCUT2D eigenvalue weighted by molar-refractivity contribution is -0.114. The Bertz CT molecular complexity index is 74.5. The third-order valence-electron chi connectivity index (χ3n) is 0.421. The van der Waals surface area contributed by atoms with Gasteiger partial charge in [0, 0.05) is 5.57 Å². The van der Waals surface area contributed by atoms with E-state index in [9.17, 15) is 4.79 Å². The van der Waals surface area contributed by atoms with Crippen LogP contribution in [0.2, 0.25) is 0 Å². The molecule has 0 fully saturated rings. The van der Waals surface area contributed by atoms with E-state index >= 15 is 0 Å². The lowest BCUT2D eigenvalue weighted by Crippen LogP contribution is -2.10. The minimum absolute atomic E-state index is 0.398. The van der Waals surface area contributed by atoms with Gasteiger partial charge in [-0.3, -0.25) is 4.79 Å². The molecule has 0 heterocycles. The molecular weight excluding hydrogens is 102 g/mol. The topological polar surface area (TPSA) is 43.1 Å². The summed E-state index contributed by atoms with van der Waals surface area (Å²) in [5.74, 6) is -0.435. The molecule has 48 valence electrons. The second-order valence-electron chi connectivity index (χ2n) is 1.14. The van der Waals surface area contributed by atoms with Gasteiger partial charge in [-0.1, -0.05) is 20.4 Å². The fraction of sp³-hybridized carbons (Fsp3) is 0.500. The molecule has 0 bridgehead atoms. The van der Waals surface area contributed by atoms with Crippen LogP contribution in [-0.2, 0) is 4.79 Å². The number of nitrogens with two attached hydrogens (primary N) is 1. The van der Waals surface area contributed by atoms with Crippen molar-refractivity contribution in [3.8, 4) is 0 Å². The average Bonchev–Trinajstić information content (AvgIpc) is 1.72. The van der Waals surface area contributed by atoms with Crippen LogP contribution < -0.4 is 5.73 Å². The zero-order valence-electron chi connectivity index (χ0n) is 5.69. The molecule has 0 radical (unpaired) electrons. The Kier molecular flexibility index (Phi) is 7.95. The van der Waals surface area contributed by atoms with Gasteiger partial charge in [0.2, 0.25) is 5.91 Å². The van der Waals surface area contributed by atoms with Crippen molar-refractivity contribution in [3.05, 3.63) is 12.2 Å². The third-order valence-corrected chi connectivity index (χ3v) is 0.421. The van der Waals surface area contributed by atoms with E-state index in [-0.39, 0.29) is 0 Å². The highest BCUT2D eigenvalue weighted by molar-refractivity contribution is 5.90. The number of carbonyl (C=O) groups is 1. The van der Waals surface area contributed by atoms with Gasteiger partial charge in [0.25, 0.3) is 0 Å². The molecule has 2 N–H and O–H groups in total. The first-order valence-electron chi connectivity index (χ1n) is 2.60. The summed E-state index contributed by atoms with van der Waals surface area (Å²) in [6.07, 6.45) is 0. The Balaban J connectivity index is 0. The van der Waals surface area contributed by atoms with Crippen molar-refractivity contribution in [2.45, 2.75) is 20.8 Å². The molecule has 0 aromatic heterocycles. The lowest BCUT2D eigenvalue weighted by Gasteiger charge is -1.81. The van der Waals surface area contributed by atoms with Crippen molar-refractivity contribution in [1.82, 2.24) is 0 Å². The fourth-order valence-corrected chi connectivity index (χ4v) is 0. The standard InChI is InChI=1S/C4H7NO.C2H6/c1-3(2)4(5)6;1-2/h1H2,2H3,(H2,5,6);1-2H3. The quantitative estimate of drug-likeness (QED) is 0.510. The maximum Gasteiger partial charge on any atom is 0.243 e. The zero-order valence-corrected chi connectivity index (χ0v) is 5.69. The summed E-state index contributed by atoms with van der Waals surface area (Å²) in [5.41, 5.74) is 5.09. The number of carbonyl (C=O) groups excluding carboxylic acids is 1. The van der Waals surface area contributed by atoms with E-state index in [4.69, 9.17) is 5.73 Å². The van der Waals surface area contributed by atoms with E-state index in [0.717, 1.165) is 0 Å². The van der Waals surface area contributed by atoms with Crippen LogP contribution in [0.4, 0.5) is 0 Å². The van der Waals surface area contributed by atoms with E-state index in [0.29, 0.717) is 5.57 Å². The zero-order chi connectivity index (χ0) is 7.15. The largest absolute Gasteiger partial charge is 0.366 e. The summed E-state index contributed by atoms with van der Waals surface area (Å²) in [6.45, 7) is 8.85. The molecule has 0 aliphatic heterocycles. The summed E-state index contributed by atoms with van der Waals surface area (Å²) < 4.78 is 0. The van der Waals surface area contributed by atoms with E-state index in [2.05, 4.69) is 6.58 Å². The van der Waals surface area contributed by atoms with E-state index in [1.54, 1.807) is 6.92 Å². The predicted octanol–water partition coefficient (Wildman–Crippen LogP) is 1.07. The van der Waals surface area contributed by atoms with E-state index < -0.39 is 5.91 Å². The molecule has 2 nitrogen and oxygen atoms in total. The van der Waals surface area contributed by atoms with Crippen LogP contribution in [0.1, 0.15) is 20.8 Å². The number of primary amides is 1. The van der Waals surface area contributed by atoms with Crippen LogP contribution in [0, 0.1) is 0 Å². The van der Waals surface area contributed by atoms with Gasteiger partial charge in [-0.2, -0.15) is 0 Å². The van der Waals surface area contributed by atoms with Crippen molar-refractivity contribution >= 4 is 5.91 Å². The van der Waals surface area contributed by atoms with Crippen molar-refractivity contribution in [2.24, 2.45) is 5.73 Å². The van der Waals surface area contributed by atoms with Crippen LogP contribution in [0.5, 0.6) is 0 Å². The highest BCUT2D eigenvalue weighted by Crippen LogP contribution is 1.78. The Morgan fingerprint density at radius 3 is 1.62 bits per heavy atom. The monoisotopic (exact) mass is 115 g/mol. The van der Waals surface area contributed by atoms with Crippen LogP contribution in [0.3, 0.4) is 0 Å². The molecule has 8 heavy (non-hydrogen) atoms. The minimum Gasteiger partial charge on any atom is -0.366 e. The van der Waals surface area contributed by atoms with Crippen LogP contribution in [-0.4, -0.2) is 5.91 Å². The molecule has 0 aromatic carbocycles. The first-order chi connectivity index (χ1) is 3.64. The first-order valence-corrected chi connectivity index (χ1v) is 2.60. The van der Waals surface area contributed by atoms with Gasteiger partial charge < -0.3 is 5.73 Å².